The first-order chi connectivity index (χ1) is 8.22. The van der Waals surface area contributed by atoms with Crippen LogP contribution >= 0.6 is 0 Å². The number of aromatic nitrogens is 1. The summed E-state index contributed by atoms with van der Waals surface area (Å²) in [5.41, 5.74) is 0.232. The molecule has 94 valence electrons. The molecule has 0 amide bonds. The molecule has 1 heterocycles. The van der Waals surface area contributed by atoms with Crippen molar-refractivity contribution >= 4 is 11.6 Å². The van der Waals surface area contributed by atoms with E-state index >= 15 is 0 Å². The highest BCUT2D eigenvalue weighted by Crippen LogP contribution is 2.30. The van der Waals surface area contributed by atoms with E-state index in [4.69, 9.17) is 0 Å². The molecule has 0 radical (unpaired) electrons. The summed E-state index contributed by atoms with van der Waals surface area (Å²) in [6, 6.07) is 6.12. The van der Waals surface area contributed by atoms with Crippen molar-refractivity contribution in [1.82, 2.24) is 4.98 Å². The zero-order chi connectivity index (χ0) is 12.1. The smallest absolute Gasteiger partial charge is 0.128 e. The van der Waals surface area contributed by atoms with Gasteiger partial charge in [0.15, 0.2) is 0 Å². The maximum absolute atomic E-state index is 4.58. The summed E-state index contributed by atoms with van der Waals surface area (Å²) < 4.78 is 0. The van der Waals surface area contributed by atoms with Crippen LogP contribution in [0.2, 0.25) is 0 Å². The van der Waals surface area contributed by atoms with Crippen LogP contribution in [-0.2, 0) is 0 Å². The van der Waals surface area contributed by atoms with Gasteiger partial charge in [0.2, 0.25) is 0 Å². The molecule has 0 atom stereocenters. The highest BCUT2D eigenvalue weighted by atomic mass is 15.1. The molecule has 1 aliphatic carbocycles. The lowest BCUT2D eigenvalue weighted by atomic mass is 9.83. The van der Waals surface area contributed by atoms with Gasteiger partial charge in [-0.25, -0.2) is 4.98 Å². The molecule has 1 aromatic heterocycles. The quantitative estimate of drug-likeness (QED) is 0.833. The third-order valence-electron chi connectivity index (χ3n) is 3.49. The van der Waals surface area contributed by atoms with Crippen molar-refractivity contribution in [2.75, 3.05) is 17.2 Å². The minimum absolute atomic E-state index is 0.232. The van der Waals surface area contributed by atoms with Gasteiger partial charge in [0.1, 0.15) is 11.6 Å². The average molecular weight is 233 g/mol. The van der Waals surface area contributed by atoms with Gasteiger partial charge in [-0.1, -0.05) is 25.3 Å². The number of hydrogen-bond acceptors (Lipinski definition) is 3. The molecule has 2 N–H and O–H groups in total. The Bertz CT molecular complexity index is 356. The van der Waals surface area contributed by atoms with Crippen molar-refractivity contribution in [3.05, 3.63) is 18.2 Å². The van der Waals surface area contributed by atoms with E-state index in [2.05, 4.69) is 41.6 Å². The maximum Gasteiger partial charge on any atom is 0.128 e. The highest BCUT2D eigenvalue weighted by Gasteiger charge is 2.26. The normalized spacial score (nSPS) is 18.7. The minimum atomic E-state index is 0.232. The van der Waals surface area contributed by atoms with E-state index in [1.54, 1.807) is 0 Å². The largest absolute Gasteiger partial charge is 0.370 e. The zero-order valence-electron chi connectivity index (χ0n) is 10.9. The molecule has 0 aliphatic heterocycles. The van der Waals surface area contributed by atoms with E-state index in [-0.39, 0.29) is 5.54 Å². The third kappa shape index (κ3) is 3.35. The van der Waals surface area contributed by atoms with Crippen LogP contribution in [-0.4, -0.2) is 17.1 Å². The number of nitrogens with zero attached hydrogens (tertiary/aromatic N) is 1. The number of pyridine rings is 1. The lowest BCUT2D eigenvalue weighted by Crippen LogP contribution is -2.37. The molecular weight excluding hydrogens is 210 g/mol. The van der Waals surface area contributed by atoms with E-state index in [0.717, 1.165) is 18.2 Å². The fraction of sp³-hybridized carbons (Fsp3) is 0.643. The second-order valence-corrected chi connectivity index (χ2v) is 5.18. The minimum Gasteiger partial charge on any atom is -0.370 e. The first-order valence-corrected chi connectivity index (χ1v) is 6.71. The van der Waals surface area contributed by atoms with Crippen LogP contribution < -0.4 is 10.6 Å². The molecule has 1 fully saturated rings. The van der Waals surface area contributed by atoms with Crippen molar-refractivity contribution in [1.29, 1.82) is 0 Å². The van der Waals surface area contributed by atoms with E-state index in [9.17, 15) is 0 Å². The van der Waals surface area contributed by atoms with Gasteiger partial charge in [-0.3, -0.25) is 0 Å². The van der Waals surface area contributed by atoms with E-state index in [1.165, 1.54) is 32.1 Å². The summed E-state index contributed by atoms with van der Waals surface area (Å²) >= 11 is 0. The fourth-order valence-corrected chi connectivity index (χ4v) is 2.55. The second-order valence-electron chi connectivity index (χ2n) is 5.18. The number of hydrogen-bond donors (Lipinski definition) is 2. The van der Waals surface area contributed by atoms with Gasteiger partial charge in [-0.05, 0) is 38.8 Å². The molecule has 1 aromatic rings. The van der Waals surface area contributed by atoms with Crippen molar-refractivity contribution < 1.29 is 0 Å². The van der Waals surface area contributed by atoms with Crippen LogP contribution in [0.3, 0.4) is 0 Å². The topological polar surface area (TPSA) is 37.0 Å². The Hall–Kier alpha value is -1.25. The molecule has 0 aromatic carbocycles. The van der Waals surface area contributed by atoms with Crippen LogP contribution in [0.25, 0.3) is 0 Å². The van der Waals surface area contributed by atoms with Crippen molar-refractivity contribution in [2.45, 2.75) is 51.5 Å². The van der Waals surface area contributed by atoms with E-state index in [1.807, 2.05) is 6.07 Å². The van der Waals surface area contributed by atoms with Crippen LogP contribution in [0.4, 0.5) is 11.6 Å². The summed E-state index contributed by atoms with van der Waals surface area (Å²) in [6.45, 7) is 5.31. The molecular formula is C14H23N3. The Morgan fingerprint density at radius 3 is 2.59 bits per heavy atom. The monoisotopic (exact) mass is 233 g/mol. The SMILES string of the molecule is CCNc1cccc(NC2(C)CCCCC2)n1. The predicted octanol–water partition coefficient (Wildman–Crippen LogP) is 3.65. The van der Waals surface area contributed by atoms with Crippen LogP contribution in [0.5, 0.6) is 0 Å². The Balaban J connectivity index is 2.04. The molecule has 0 unspecified atom stereocenters. The summed E-state index contributed by atoms with van der Waals surface area (Å²) in [5.74, 6) is 1.95. The Morgan fingerprint density at radius 1 is 1.18 bits per heavy atom. The fourth-order valence-electron chi connectivity index (χ4n) is 2.55. The Kier molecular flexibility index (Phi) is 3.87. The van der Waals surface area contributed by atoms with Crippen molar-refractivity contribution in [3.8, 4) is 0 Å². The first-order valence-electron chi connectivity index (χ1n) is 6.71. The summed E-state index contributed by atoms with van der Waals surface area (Å²) in [6.07, 6.45) is 6.54. The molecule has 0 bridgehead atoms. The van der Waals surface area contributed by atoms with Gasteiger partial charge in [0.25, 0.3) is 0 Å². The summed E-state index contributed by atoms with van der Waals surface area (Å²) in [5, 5.41) is 6.85. The molecule has 1 aliphatic rings. The standard InChI is InChI=1S/C14H23N3/c1-3-15-12-8-7-9-13(16-12)17-14(2)10-5-4-6-11-14/h7-9H,3-6,10-11H2,1-2H3,(H2,15,16,17). The first kappa shape index (κ1) is 12.2. The molecule has 0 spiro atoms. The van der Waals surface area contributed by atoms with Crippen molar-refractivity contribution in [3.63, 3.8) is 0 Å². The summed E-state index contributed by atoms with van der Waals surface area (Å²) in [4.78, 5) is 4.58. The van der Waals surface area contributed by atoms with Crippen molar-refractivity contribution in [2.24, 2.45) is 0 Å². The molecule has 3 nitrogen and oxygen atoms in total. The summed E-state index contributed by atoms with van der Waals surface area (Å²) in [7, 11) is 0. The molecule has 17 heavy (non-hydrogen) atoms. The zero-order valence-corrected chi connectivity index (χ0v) is 10.9. The van der Waals surface area contributed by atoms with Gasteiger partial charge in [-0.15, -0.1) is 0 Å². The van der Waals surface area contributed by atoms with Crippen LogP contribution in [0.15, 0.2) is 18.2 Å². The Morgan fingerprint density at radius 2 is 1.88 bits per heavy atom. The second kappa shape index (κ2) is 5.39. The lowest BCUT2D eigenvalue weighted by molar-refractivity contribution is 0.348. The van der Waals surface area contributed by atoms with Gasteiger partial charge < -0.3 is 10.6 Å². The van der Waals surface area contributed by atoms with Gasteiger partial charge in [0, 0.05) is 12.1 Å². The maximum atomic E-state index is 4.58. The number of nitrogens with one attached hydrogen (secondary N) is 2. The van der Waals surface area contributed by atoms with Crippen LogP contribution in [0.1, 0.15) is 46.0 Å². The van der Waals surface area contributed by atoms with Gasteiger partial charge >= 0.3 is 0 Å². The van der Waals surface area contributed by atoms with E-state index in [0.29, 0.717) is 0 Å². The molecule has 2 rings (SSSR count). The Labute approximate surface area is 104 Å². The average Bonchev–Trinajstić information content (AvgIpc) is 2.30. The van der Waals surface area contributed by atoms with Gasteiger partial charge in [-0.2, -0.15) is 0 Å². The number of anilines is 2. The van der Waals surface area contributed by atoms with Crippen LogP contribution in [0, 0.1) is 0 Å². The highest BCUT2D eigenvalue weighted by molar-refractivity contribution is 5.46. The van der Waals surface area contributed by atoms with Gasteiger partial charge in [0.05, 0.1) is 0 Å². The predicted molar refractivity (Wildman–Crippen MR) is 73.5 cm³/mol. The lowest BCUT2D eigenvalue weighted by Gasteiger charge is -2.35. The number of rotatable bonds is 4. The molecule has 3 heteroatoms. The third-order valence-corrected chi connectivity index (χ3v) is 3.49. The molecule has 1 saturated carbocycles. The van der Waals surface area contributed by atoms with E-state index < -0.39 is 0 Å². The molecule has 0 saturated heterocycles.